The lowest BCUT2D eigenvalue weighted by Crippen LogP contribution is -2.56. The van der Waals surface area contributed by atoms with E-state index >= 15 is 0 Å². The summed E-state index contributed by atoms with van der Waals surface area (Å²) >= 11 is 0. The lowest BCUT2D eigenvalue weighted by molar-refractivity contribution is -0.141. The van der Waals surface area contributed by atoms with E-state index in [0.29, 0.717) is 36.3 Å². The molecule has 24 heavy (non-hydrogen) atoms. The van der Waals surface area contributed by atoms with Crippen molar-refractivity contribution in [3.05, 3.63) is 11.7 Å². The molecule has 7 heteroatoms. The van der Waals surface area contributed by atoms with Crippen molar-refractivity contribution >= 4 is 5.91 Å². The van der Waals surface area contributed by atoms with Crippen molar-refractivity contribution in [3.63, 3.8) is 0 Å². The summed E-state index contributed by atoms with van der Waals surface area (Å²) < 4.78 is 5.28. The maximum absolute atomic E-state index is 13.0. The molecule has 1 aliphatic carbocycles. The van der Waals surface area contributed by atoms with E-state index in [1.165, 1.54) is 0 Å². The van der Waals surface area contributed by atoms with Gasteiger partial charge in [-0.25, -0.2) is 0 Å². The van der Waals surface area contributed by atoms with Crippen molar-refractivity contribution < 1.29 is 9.32 Å². The van der Waals surface area contributed by atoms with Crippen LogP contribution < -0.4 is 0 Å². The second kappa shape index (κ2) is 5.81. The van der Waals surface area contributed by atoms with Crippen molar-refractivity contribution in [3.8, 4) is 0 Å². The summed E-state index contributed by atoms with van der Waals surface area (Å²) in [4.78, 5) is 24.1. The molecule has 2 bridgehead atoms. The fourth-order valence-electron chi connectivity index (χ4n) is 4.51. The Hall–Kier alpha value is -1.47. The number of hydrogen-bond acceptors (Lipinski definition) is 6. The highest BCUT2D eigenvalue weighted by molar-refractivity contribution is 5.86. The van der Waals surface area contributed by atoms with Crippen LogP contribution in [0, 0.1) is 12.3 Å². The van der Waals surface area contributed by atoms with Gasteiger partial charge in [-0.2, -0.15) is 4.98 Å². The van der Waals surface area contributed by atoms with E-state index in [1.54, 1.807) is 0 Å². The molecule has 1 saturated carbocycles. The Morgan fingerprint density at radius 2 is 1.96 bits per heavy atom. The van der Waals surface area contributed by atoms with Crippen LogP contribution in [0.2, 0.25) is 0 Å². The van der Waals surface area contributed by atoms with Crippen molar-refractivity contribution in [2.24, 2.45) is 5.41 Å². The van der Waals surface area contributed by atoms with Gasteiger partial charge in [-0.3, -0.25) is 9.69 Å². The molecule has 7 nitrogen and oxygen atoms in total. The van der Waals surface area contributed by atoms with Crippen LogP contribution in [-0.4, -0.2) is 76.6 Å². The van der Waals surface area contributed by atoms with Crippen molar-refractivity contribution in [1.82, 2.24) is 24.8 Å². The molecule has 2 atom stereocenters. The highest BCUT2D eigenvalue weighted by atomic mass is 16.5. The van der Waals surface area contributed by atoms with Crippen LogP contribution in [0.1, 0.15) is 37.4 Å². The molecule has 1 aromatic heterocycles. The second-order valence-corrected chi connectivity index (χ2v) is 8.02. The molecule has 2 saturated heterocycles. The zero-order chi connectivity index (χ0) is 16.9. The third kappa shape index (κ3) is 2.84. The van der Waals surface area contributed by atoms with Gasteiger partial charge in [0.2, 0.25) is 11.8 Å². The van der Waals surface area contributed by atoms with Gasteiger partial charge >= 0.3 is 0 Å². The Balaban J connectivity index is 1.42. The van der Waals surface area contributed by atoms with Crippen LogP contribution in [0.5, 0.6) is 0 Å². The van der Waals surface area contributed by atoms with Crippen LogP contribution in [0.3, 0.4) is 0 Å². The van der Waals surface area contributed by atoms with Crippen molar-refractivity contribution in [2.45, 2.75) is 51.2 Å². The van der Waals surface area contributed by atoms with Crippen LogP contribution in [-0.2, 0) is 11.3 Å². The summed E-state index contributed by atoms with van der Waals surface area (Å²) in [6.45, 7) is 5.12. The molecule has 1 amide bonds. The number of aryl methyl sites for hydroxylation is 1. The smallest absolute Gasteiger partial charge is 0.240 e. The predicted octanol–water partition coefficient (Wildman–Crippen LogP) is 0.895. The standard InChI is InChI=1S/C17H27N5O2/c1-12-18-15(24-19-12)10-22-13-4-5-14(22)9-21(8-13)16(23)17(6-7-17)11-20(2)3/h13-14H,4-11H2,1-3H3. The number of rotatable bonds is 5. The van der Waals surface area contributed by atoms with E-state index in [4.69, 9.17) is 4.52 Å². The van der Waals surface area contributed by atoms with Gasteiger partial charge in [0.25, 0.3) is 0 Å². The lowest BCUT2D eigenvalue weighted by Gasteiger charge is -2.41. The third-order valence-corrected chi connectivity index (χ3v) is 5.73. The largest absolute Gasteiger partial charge is 0.339 e. The van der Waals surface area contributed by atoms with Crippen LogP contribution in [0.15, 0.2) is 4.52 Å². The zero-order valence-corrected chi connectivity index (χ0v) is 14.9. The lowest BCUT2D eigenvalue weighted by atomic mass is 10.0. The molecule has 2 aliphatic heterocycles. The third-order valence-electron chi connectivity index (χ3n) is 5.73. The number of hydrogen-bond donors (Lipinski definition) is 0. The number of nitrogens with zero attached hydrogens (tertiary/aromatic N) is 5. The molecule has 132 valence electrons. The average molecular weight is 333 g/mol. The van der Waals surface area contributed by atoms with Crippen LogP contribution in [0.4, 0.5) is 0 Å². The highest BCUT2D eigenvalue weighted by Crippen LogP contribution is 2.48. The van der Waals surface area contributed by atoms with Gasteiger partial charge in [-0.1, -0.05) is 5.16 Å². The maximum Gasteiger partial charge on any atom is 0.240 e. The van der Waals surface area contributed by atoms with E-state index in [9.17, 15) is 4.79 Å². The number of carbonyl (C=O) groups excluding carboxylic acids is 1. The fraction of sp³-hybridized carbons (Fsp3) is 0.824. The van der Waals surface area contributed by atoms with E-state index in [2.05, 4.69) is 38.9 Å². The zero-order valence-electron chi connectivity index (χ0n) is 14.9. The van der Waals surface area contributed by atoms with Gasteiger partial charge in [0.1, 0.15) is 0 Å². The second-order valence-electron chi connectivity index (χ2n) is 8.02. The summed E-state index contributed by atoms with van der Waals surface area (Å²) in [6, 6.07) is 0.852. The molecule has 3 aliphatic rings. The molecule has 3 heterocycles. The summed E-state index contributed by atoms with van der Waals surface area (Å²) in [5, 5.41) is 3.88. The monoisotopic (exact) mass is 333 g/mol. The summed E-state index contributed by atoms with van der Waals surface area (Å²) in [5.41, 5.74) is -0.102. The SMILES string of the molecule is Cc1noc(CN2C3CCC2CN(C(=O)C2(CN(C)C)CC2)C3)n1. The molecule has 0 aromatic carbocycles. The molecule has 0 radical (unpaired) electrons. The molecular formula is C17H27N5O2. The molecule has 3 fully saturated rings. The number of likely N-dealkylation sites (tertiary alicyclic amines) is 1. The molecule has 1 aromatic rings. The molecular weight excluding hydrogens is 306 g/mol. The van der Waals surface area contributed by atoms with Gasteiger partial charge in [0.15, 0.2) is 5.82 Å². The minimum atomic E-state index is -0.102. The van der Waals surface area contributed by atoms with E-state index in [-0.39, 0.29) is 5.41 Å². The van der Waals surface area contributed by atoms with Crippen LogP contribution in [0.25, 0.3) is 0 Å². The number of fused-ring (bicyclic) bond motifs is 2. The molecule has 0 N–H and O–H groups in total. The number of aromatic nitrogens is 2. The summed E-state index contributed by atoms with van der Waals surface area (Å²) in [7, 11) is 4.11. The van der Waals surface area contributed by atoms with E-state index < -0.39 is 0 Å². The Kier molecular flexibility index (Phi) is 3.88. The molecule has 2 unspecified atom stereocenters. The number of carbonyl (C=O) groups is 1. The quantitative estimate of drug-likeness (QED) is 0.797. The number of amides is 1. The summed E-state index contributed by atoms with van der Waals surface area (Å²) in [5.74, 6) is 1.75. The number of piperazine rings is 1. The minimum Gasteiger partial charge on any atom is -0.339 e. The first-order chi connectivity index (χ1) is 11.5. The first-order valence-corrected chi connectivity index (χ1v) is 8.96. The normalized spacial score (nSPS) is 28.6. The Bertz CT molecular complexity index is 610. The minimum absolute atomic E-state index is 0.102. The average Bonchev–Trinajstić information content (AvgIpc) is 3.13. The van der Waals surface area contributed by atoms with Gasteiger partial charge in [-0.15, -0.1) is 0 Å². The van der Waals surface area contributed by atoms with Crippen molar-refractivity contribution in [1.29, 1.82) is 0 Å². The summed E-state index contributed by atoms with van der Waals surface area (Å²) in [6.07, 6.45) is 4.39. The Morgan fingerprint density at radius 3 is 2.46 bits per heavy atom. The Morgan fingerprint density at radius 1 is 1.29 bits per heavy atom. The highest BCUT2D eigenvalue weighted by Gasteiger charge is 2.54. The van der Waals surface area contributed by atoms with E-state index in [1.807, 2.05) is 6.92 Å². The maximum atomic E-state index is 13.0. The van der Waals surface area contributed by atoms with Gasteiger partial charge in [0, 0.05) is 31.7 Å². The van der Waals surface area contributed by atoms with Gasteiger partial charge in [0.05, 0.1) is 12.0 Å². The Labute approximate surface area is 143 Å². The molecule has 0 spiro atoms. The molecule has 4 rings (SSSR count). The van der Waals surface area contributed by atoms with Crippen molar-refractivity contribution in [2.75, 3.05) is 33.7 Å². The first kappa shape index (κ1) is 16.0. The van der Waals surface area contributed by atoms with E-state index in [0.717, 1.165) is 45.3 Å². The van der Waals surface area contributed by atoms with Crippen LogP contribution >= 0.6 is 0 Å². The first-order valence-electron chi connectivity index (χ1n) is 8.96. The van der Waals surface area contributed by atoms with Gasteiger partial charge in [-0.05, 0) is 46.7 Å². The topological polar surface area (TPSA) is 65.7 Å². The van der Waals surface area contributed by atoms with Gasteiger partial charge < -0.3 is 14.3 Å². The predicted molar refractivity (Wildman–Crippen MR) is 88.2 cm³/mol. The fourth-order valence-corrected chi connectivity index (χ4v) is 4.51.